The normalized spacial score (nSPS) is 26.8. The minimum atomic E-state index is -3.03. The van der Waals surface area contributed by atoms with Crippen molar-refractivity contribution in [3.05, 3.63) is 35.3 Å². The Morgan fingerprint density at radius 1 is 1.26 bits per heavy atom. The maximum Gasteiger partial charge on any atom is 0.271 e. The van der Waals surface area contributed by atoms with Gasteiger partial charge < -0.3 is 20.5 Å². The van der Waals surface area contributed by atoms with Crippen molar-refractivity contribution in [3.63, 3.8) is 0 Å². The number of carbonyl (C=O) groups is 3. The van der Waals surface area contributed by atoms with Crippen LogP contribution in [0.3, 0.4) is 0 Å². The maximum atomic E-state index is 14.4. The highest BCUT2D eigenvalue weighted by atomic mass is 19.3. The van der Waals surface area contributed by atoms with Gasteiger partial charge in [0.25, 0.3) is 12.3 Å². The third kappa shape index (κ3) is 5.04. The van der Waals surface area contributed by atoms with E-state index in [4.69, 9.17) is 0 Å². The Balaban J connectivity index is 1.42. The minimum absolute atomic E-state index is 0.0245. The summed E-state index contributed by atoms with van der Waals surface area (Å²) in [5.74, 6) is -7.86. The Kier molecular flexibility index (Phi) is 6.99. The first-order chi connectivity index (χ1) is 18.5. The molecular weight excluding hydrogens is 525 g/mol. The Hall–Kier alpha value is -3.69. The van der Waals surface area contributed by atoms with Gasteiger partial charge in [-0.2, -0.15) is 5.26 Å². The van der Waals surface area contributed by atoms with Gasteiger partial charge in [0.05, 0.1) is 11.6 Å². The number of nitrogens with zero attached hydrogens (tertiary/aromatic N) is 2. The number of H-pyrrole nitrogens is 1. The number of alkyl halides is 4. The number of hydrogen-bond donors (Lipinski definition) is 3. The van der Waals surface area contributed by atoms with Crippen LogP contribution in [0.25, 0.3) is 10.9 Å². The smallest absolute Gasteiger partial charge is 0.271 e. The number of amides is 3. The van der Waals surface area contributed by atoms with Crippen LogP contribution in [-0.2, 0) is 9.59 Å². The average molecular weight is 552 g/mol. The monoisotopic (exact) mass is 551 g/mol. The topological polar surface area (TPSA) is 118 Å². The van der Waals surface area contributed by atoms with Crippen LogP contribution in [0.15, 0.2) is 18.2 Å². The van der Waals surface area contributed by atoms with Crippen molar-refractivity contribution in [1.29, 1.82) is 5.26 Å². The van der Waals surface area contributed by atoms with Crippen LogP contribution in [0.1, 0.15) is 54.6 Å². The molecule has 0 spiro atoms. The Morgan fingerprint density at radius 3 is 2.72 bits per heavy atom. The molecule has 0 bridgehead atoms. The molecule has 1 aromatic carbocycles. The molecule has 13 heteroatoms. The zero-order valence-corrected chi connectivity index (χ0v) is 20.7. The van der Waals surface area contributed by atoms with E-state index < -0.39 is 78.2 Å². The molecule has 3 fully saturated rings. The number of aromatic nitrogens is 1. The van der Waals surface area contributed by atoms with Gasteiger partial charge in [-0.1, -0.05) is 0 Å². The largest absolute Gasteiger partial charge is 0.356 e. The summed E-state index contributed by atoms with van der Waals surface area (Å²) < 4.78 is 69.9. The number of rotatable bonds is 6. The second-order valence-electron chi connectivity index (χ2n) is 10.6. The number of halogens is 5. The van der Waals surface area contributed by atoms with Crippen molar-refractivity contribution >= 4 is 28.6 Å². The summed E-state index contributed by atoms with van der Waals surface area (Å²) in [5.41, 5.74) is -1.05. The van der Waals surface area contributed by atoms with Crippen LogP contribution in [0, 0.1) is 34.9 Å². The van der Waals surface area contributed by atoms with Crippen molar-refractivity contribution in [2.75, 3.05) is 13.1 Å². The highest BCUT2D eigenvalue weighted by molar-refractivity contribution is 6.01. The summed E-state index contributed by atoms with van der Waals surface area (Å²) >= 11 is 0. The van der Waals surface area contributed by atoms with Gasteiger partial charge in [0, 0.05) is 42.8 Å². The van der Waals surface area contributed by atoms with E-state index in [1.54, 1.807) is 0 Å². The van der Waals surface area contributed by atoms with E-state index in [2.05, 4.69) is 15.6 Å². The molecule has 3 amide bonds. The molecule has 8 nitrogen and oxygen atoms in total. The van der Waals surface area contributed by atoms with Crippen LogP contribution in [0.4, 0.5) is 22.0 Å². The summed E-state index contributed by atoms with van der Waals surface area (Å²) in [6.07, 6.45) is -2.86. The number of nitrogens with one attached hydrogen (secondary N) is 3. The molecule has 2 saturated heterocycles. The Labute approximate surface area is 219 Å². The lowest BCUT2D eigenvalue weighted by Gasteiger charge is -2.29. The lowest BCUT2D eigenvalue weighted by atomic mass is 9.90. The summed E-state index contributed by atoms with van der Waals surface area (Å²) in [4.78, 5) is 42.7. The van der Waals surface area contributed by atoms with E-state index in [1.807, 2.05) is 6.07 Å². The second-order valence-corrected chi connectivity index (χ2v) is 10.6. The number of piperidine rings is 1. The number of likely N-dealkylation sites (tertiary alicyclic amines) is 1. The molecule has 3 aliphatic rings. The number of aromatic amines is 1. The summed E-state index contributed by atoms with van der Waals surface area (Å²) in [6.45, 7) is 0.324. The third-order valence-electron chi connectivity index (χ3n) is 8.03. The summed E-state index contributed by atoms with van der Waals surface area (Å²) in [5, 5.41) is 14.6. The summed E-state index contributed by atoms with van der Waals surface area (Å²) in [6, 6.07) is 2.30. The van der Waals surface area contributed by atoms with Gasteiger partial charge in [0.15, 0.2) is 0 Å². The molecule has 0 unspecified atom stereocenters. The molecule has 0 radical (unpaired) electrons. The van der Waals surface area contributed by atoms with Crippen molar-refractivity contribution in [2.45, 2.75) is 56.5 Å². The van der Waals surface area contributed by atoms with Crippen LogP contribution >= 0.6 is 0 Å². The molecule has 208 valence electrons. The fourth-order valence-corrected chi connectivity index (χ4v) is 6.25. The van der Waals surface area contributed by atoms with Gasteiger partial charge in [-0.15, -0.1) is 0 Å². The van der Waals surface area contributed by atoms with Crippen molar-refractivity contribution in [3.8, 4) is 6.07 Å². The lowest BCUT2D eigenvalue weighted by Crippen LogP contribution is -2.52. The first-order valence-corrected chi connectivity index (χ1v) is 12.7. The van der Waals surface area contributed by atoms with Crippen molar-refractivity contribution < 1.29 is 36.3 Å². The quantitative estimate of drug-likeness (QED) is 0.475. The van der Waals surface area contributed by atoms with Crippen molar-refractivity contribution in [2.24, 2.45) is 17.8 Å². The predicted molar refractivity (Wildman–Crippen MR) is 127 cm³/mol. The predicted octanol–water partition coefficient (Wildman–Crippen LogP) is 3.66. The lowest BCUT2D eigenvalue weighted by molar-refractivity contribution is -0.129. The fourth-order valence-electron chi connectivity index (χ4n) is 6.25. The molecule has 1 aliphatic carbocycles. The maximum absolute atomic E-state index is 14.4. The summed E-state index contributed by atoms with van der Waals surface area (Å²) in [7, 11) is 0. The third-order valence-corrected chi connectivity index (χ3v) is 8.03. The van der Waals surface area contributed by atoms with E-state index in [1.165, 1.54) is 0 Å². The molecule has 39 heavy (non-hydrogen) atoms. The highest BCUT2D eigenvalue weighted by Gasteiger charge is 2.58. The molecule has 2 aromatic rings. The van der Waals surface area contributed by atoms with E-state index in [9.17, 15) is 41.6 Å². The van der Waals surface area contributed by atoms with Crippen LogP contribution in [0.5, 0.6) is 0 Å². The van der Waals surface area contributed by atoms with Gasteiger partial charge in [0.2, 0.25) is 17.7 Å². The molecule has 3 N–H and O–H groups in total. The fraction of sp³-hybridized carbons (Fsp3) is 0.538. The van der Waals surface area contributed by atoms with Crippen LogP contribution in [0.2, 0.25) is 0 Å². The minimum Gasteiger partial charge on any atom is -0.356 e. The first-order valence-electron chi connectivity index (χ1n) is 12.7. The van der Waals surface area contributed by atoms with Gasteiger partial charge in [0.1, 0.15) is 23.6 Å². The van der Waals surface area contributed by atoms with Gasteiger partial charge in [-0.05, 0) is 49.3 Å². The van der Waals surface area contributed by atoms with Crippen LogP contribution in [-0.4, -0.2) is 58.7 Å². The van der Waals surface area contributed by atoms with Crippen LogP contribution < -0.4 is 10.6 Å². The molecule has 1 saturated carbocycles. The Morgan fingerprint density at radius 2 is 2.03 bits per heavy atom. The average Bonchev–Trinajstić information content (AvgIpc) is 3.54. The molecule has 3 heterocycles. The Bertz CT molecular complexity index is 1360. The van der Waals surface area contributed by atoms with Crippen molar-refractivity contribution in [1.82, 2.24) is 20.5 Å². The molecule has 1 aromatic heterocycles. The molecule has 5 atom stereocenters. The number of fused-ring (bicyclic) bond motifs is 2. The highest BCUT2D eigenvalue weighted by Crippen LogP contribution is 2.50. The number of carbonyl (C=O) groups excluding carboxylic acids is 3. The second kappa shape index (κ2) is 10.1. The van der Waals surface area contributed by atoms with E-state index >= 15 is 0 Å². The zero-order chi connectivity index (χ0) is 28.1. The number of nitriles is 1. The molecule has 5 rings (SSSR count). The molecular formula is C26H26F5N5O3. The SMILES string of the molecule is N#C[C@@H](C[C@@H]1CCCNC1=O)NC(=O)[C@H]1[C@H]2CC(F)(F)C[C@H]2CN1C(=O)c1cc2c(F)ccc(C(F)F)c2[nH]1. The van der Waals surface area contributed by atoms with E-state index in [0.717, 1.165) is 23.1 Å². The standard InChI is InChI=1S/C26H26F5N5O3/c27-18-4-3-15(22(28)29)20-16(18)7-19(35-20)25(39)36-11-13-8-26(30,31)9-17(13)21(36)24(38)34-14(10-32)6-12-2-1-5-33-23(12)37/h3-4,7,12-14,17,21-22,35H,1-2,5-6,8-9,11H2,(H,33,37)(H,34,38)/t12-,13-,14+,17-,21+/m0/s1. The zero-order valence-electron chi connectivity index (χ0n) is 20.7. The van der Waals surface area contributed by atoms with Gasteiger partial charge in [-0.25, -0.2) is 22.0 Å². The number of hydrogen-bond acceptors (Lipinski definition) is 4. The van der Waals surface area contributed by atoms with E-state index in [-0.39, 0.29) is 35.5 Å². The first kappa shape index (κ1) is 26.9. The van der Waals surface area contributed by atoms with Gasteiger partial charge in [-0.3, -0.25) is 14.4 Å². The number of benzene rings is 1. The van der Waals surface area contributed by atoms with E-state index in [0.29, 0.717) is 19.4 Å². The molecule has 2 aliphatic heterocycles. The van der Waals surface area contributed by atoms with Gasteiger partial charge >= 0.3 is 0 Å².